The Hall–Kier alpha value is -1.87. The Morgan fingerprint density at radius 1 is 1.00 bits per heavy atom. The number of aryl methyl sites for hydroxylation is 2. The summed E-state index contributed by atoms with van der Waals surface area (Å²) in [5, 5.41) is 9.02. The maximum absolute atomic E-state index is 13.3. The van der Waals surface area contributed by atoms with Gasteiger partial charge in [-0.3, -0.25) is 0 Å². The van der Waals surface area contributed by atoms with E-state index in [1.165, 1.54) is 23.3 Å². The molecule has 0 radical (unpaired) electrons. The molecule has 0 aliphatic rings. The highest BCUT2D eigenvalue weighted by atomic mass is 19.1. The second kappa shape index (κ2) is 5.85. The summed E-state index contributed by atoms with van der Waals surface area (Å²) in [5.41, 5.74) is 3.99. The van der Waals surface area contributed by atoms with Crippen molar-refractivity contribution in [3.05, 3.63) is 64.5 Å². The van der Waals surface area contributed by atoms with Crippen LogP contribution in [0.25, 0.3) is 0 Å². The molecule has 0 saturated heterocycles. The topological polar surface area (TPSA) is 29.5 Å². The molecule has 1 N–H and O–H groups in total. The summed E-state index contributed by atoms with van der Waals surface area (Å²) in [6.45, 7) is 4.29. The highest BCUT2D eigenvalue weighted by Gasteiger charge is 2.03. The molecule has 2 aromatic carbocycles. The Kier molecular flexibility index (Phi) is 4.17. The largest absolute Gasteiger partial charge is 0.489 e. The monoisotopic (exact) mass is 260 g/mol. The molecule has 2 nitrogen and oxygen atoms in total. The van der Waals surface area contributed by atoms with Gasteiger partial charge in [-0.25, -0.2) is 4.39 Å². The molecule has 0 spiro atoms. The lowest BCUT2D eigenvalue weighted by molar-refractivity contribution is 0.276. The van der Waals surface area contributed by atoms with Crippen molar-refractivity contribution in [3.63, 3.8) is 0 Å². The van der Waals surface area contributed by atoms with Crippen molar-refractivity contribution in [2.45, 2.75) is 27.1 Å². The minimum absolute atomic E-state index is 0.197. The van der Waals surface area contributed by atoms with E-state index >= 15 is 0 Å². The molecule has 100 valence electrons. The van der Waals surface area contributed by atoms with Crippen LogP contribution in [0.3, 0.4) is 0 Å². The number of rotatable bonds is 4. The van der Waals surface area contributed by atoms with E-state index in [-0.39, 0.29) is 6.61 Å². The molecular formula is C16H17FO2. The fraction of sp³-hybridized carbons (Fsp3) is 0.250. The number of aliphatic hydroxyl groups excluding tert-OH is 1. The van der Waals surface area contributed by atoms with E-state index in [1.54, 1.807) is 6.07 Å². The van der Waals surface area contributed by atoms with Crippen LogP contribution < -0.4 is 4.74 Å². The Morgan fingerprint density at radius 3 is 2.47 bits per heavy atom. The van der Waals surface area contributed by atoms with Crippen LogP contribution in [0.15, 0.2) is 36.4 Å². The molecule has 2 aromatic rings. The van der Waals surface area contributed by atoms with E-state index in [2.05, 4.69) is 13.0 Å². The fourth-order valence-electron chi connectivity index (χ4n) is 1.86. The fourth-order valence-corrected chi connectivity index (χ4v) is 1.86. The lowest BCUT2D eigenvalue weighted by Crippen LogP contribution is -1.98. The molecule has 0 aliphatic heterocycles. The highest BCUT2D eigenvalue weighted by Crippen LogP contribution is 2.18. The summed E-state index contributed by atoms with van der Waals surface area (Å²) < 4.78 is 18.8. The number of ether oxygens (including phenoxy) is 1. The van der Waals surface area contributed by atoms with E-state index in [4.69, 9.17) is 9.84 Å². The van der Waals surface area contributed by atoms with Gasteiger partial charge in [0.2, 0.25) is 0 Å². The van der Waals surface area contributed by atoms with Crippen molar-refractivity contribution in [1.29, 1.82) is 0 Å². The van der Waals surface area contributed by atoms with Crippen LogP contribution in [0.1, 0.15) is 22.3 Å². The van der Waals surface area contributed by atoms with Gasteiger partial charge in [0.05, 0.1) is 6.61 Å². The average Bonchev–Trinajstić information content (AvgIpc) is 2.39. The summed E-state index contributed by atoms with van der Waals surface area (Å²) in [5.74, 6) is 0.0314. The summed E-state index contributed by atoms with van der Waals surface area (Å²) >= 11 is 0. The van der Waals surface area contributed by atoms with Crippen LogP contribution in [0.2, 0.25) is 0 Å². The van der Waals surface area contributed by atoms with Gasteiger partial charge in [0, 0.05) is 6.07 Å². The van der Waals surface area contributed by atoms with Crippen LogP contribution in [-0.4, -0.2) is 5.11 Å². The lowest BCUT2D eigenvalue weighted by Gasteiger charge is -2.09. The minimum Gasteiger partial charge on any atom is -0.489 e. The molecule has 0 saturated carbocycles. The molecule has 19 heavy (non-hydrogen) atoms. The van der Waals surface area contributed by atoms with Gasteiger partial charge in [0.15, 0.2) is 0 Å². The Labute approximate surface area is 112 Å². The van der Waals surface area contributed by atoms with E-state index in [0.717, 1.165) is 5.56 Å². The van der Waals surface area contributed by atoms with E-state index < -0.39 is 5.82 Å². The third-order valence-electron chi connectivity index (χ3n) is 3.09. The molecule has 0 fully saturated rings. The van der Waals surface area contributed by atoms with Crippen LogP contribution in [-0.2, 0) is 13.2 Å². The van der Waals surface area contributed by atoms with Crippen LogP contribution in [0, 0.1) is 19.7 Å². The maximum atomic E-state index is 13.3. The van der Waals surface area contributed by atoms with Gasteiger partial charge in [-0.05, 0) is 48.2 Å². The quantitative estimate of drug-likeness (QED) is 0.911. The second-order valence-electron chi connectivity index (χ2n) is 4.66. The summed E-state index contributed by atoms with van der Waals surface area (Å²) in [6, 6.07) is 10.3. The number of benzene rings is 2. The van der Waals surface area contributed by atoms with Crippen LogP contribution in [0.5, 0.6) is 5.75 Å². The zero-order valence-corrected chi connectivity index (χ0v) is 11.1. The number of halogens is 1. The molecule has 0 aliphatic carbocycles. The minimum atomic E-state index is -0.401. The molecule has 0 heterocycles. The third-order valence-corrected chi connectivity index (χ3v) is 3.09. The van der Waals surface area contributed by atoms with Gasteiger partial charge in [0.1, 0.15) is 18.2 Å². The zero-order chi connectivity index (χ0) is 13.8. The molecule has 0 atom stereocenters. The van der Waals surface area contributed by atoms with Gasteiger partial charge in [-0.1, -0.05) is 18.2 Å². The summed E-state index contributed by atoms with van der Waals surface area (Å²) in [6.07, 6.45) is 0. The van der Waals surface area contributed by atoms with Gasteiger partial charge < -0.3 is 9.84 Å². The first-order valence-electron chi connectivity index (χ1n) is 6.18. The van der Waals surface area contributed by atoms with Crippen molar-refractivity contribution in [3.8, 4) is 5.75 Å². The summed E-state index contributed by atoms with van der Waals surface area (Å²) in [4.78, 5) is 0. The third kappa shape index (κ3) is 3.55. The number of hydrogen-bond donors (Lipinski definition) is 1. The maximum Gasteiger partial charge on any atom is 0.127 e. The van der Waals surface area contributed by atoms with Gasteiger partial charge in [-0.2, -0.15) is 0 Å². The molecule has 0 bridgehead atoms. The van der Waals surface area contributed by atoms with Crippen LogP contribution in [0.4, 0.5) is 4.39 Å². The number of hydrogen-bond acceptors (Lipinski definition) is 2. The Balaban J connectivity index is 2.09. The lowest BCUT2D eigenvalue weighted by atomic mass is 10.1. The summed E-state index contributed by atoms with van der Waals surface area (Å²) in [7, 11) is 0. The normalized spacial score (nSPS) is 10.5. The van der Waals surface area contributed by atoms with Crippen molar-refractivity contribution >= 4 is 0 Å². The predicted molar refractivity (Wildman–Crippen MR) is 72.6 cm³/mol. The second-order valence-corrected chi connectivity index (χ2v) is 4.66. The standard InChI is InChI=1S/C16H17FO2/c1-11-3-4-13(5-12(11)2)10-19-16-7-14(9-18)6-15(17)8-16/h3-8,18H,9-10H2,1-2H3. The van der Waals surface area contributed by atoms with E-state index in [1.807, 2.05) is 19.1 Å². The van der Waals surface area contributed by atoms with E-state index in [9.17, 15) is 4.39 Å². The van der Waals surface area contributed by atoms with Gasteiger partial charge in [0.25, 0.3) is 0 Å². The van der Waals surface area contributed by atoms with Crippen molar-refractivity contribution in [2.75, 3.05) is 0 Å². The van der Waals surface area contributed by atoms with Crippen molar-refractivity contribution in [2.24, 2.45) is 0 Å². The van der Waals surface area contributed by atoms with Crippen LogP contribution >= 0.6 is 0 Å². The van der Waals surface area contributed by atoms with Crippen molar-refractivity contribution < 1.29 is 14.2 Å². The highest BCUT2D eigenvalue weighted by molar-refractivity contribution is 5.32. The Bertz CT molecular complexity index is 579. The predicted octanol–water partition coefficient (Wildman–Crippen LogP) is 3.51. The average molecular weight is 260 g/mol. The molecule has 3 heteroatoms. The smallest absolute Gasteiger partial charge is 0.127 e. The number of aliphatic hydroxyl groups is 1. The molecular weight excluding hydrogens is 243 g/mol. The van der Waals surface area contributed by atoms with Gasteiger partial charge in [-0.15, -0.1) is 0 Å². The zero-order valence-electron chi connectivity index (χ0n) is 11.1. The first kappa shape index (κ1) is 13.6. The molecule has 2 rings (SSSR count). The molecule has 0 amide bonds. The van der Waals surface area contributed by atoms with Gasteiger partial charge >= 0.3 is 0 Å². The Morgan fingerprint density at radius 2 is 1.79 bits per heavy atom. The first-order valence-corrected chi connectivity index (χ1v) is 6.18. The SMILES string of the molecule is Cc1ccc(COc2cc(F)cc(CO)c2)cc1C. The molecule has 0 aromatic heterocycles. The molecule has 0 unspecified atom stereocenters. The van der Waals surface area contributed by atoms with E-state index in [0.29, 0.717) is 17.9 Å². The van der Waals surface area contributed by atoms with Crippen molar-refractivity contribution in [1.82, 2.24) is 0 Å². The first-order chi connectivity index (χ1) is 9.08.